The predicted molar refractivity (Wildman–Crippen MR) is 112 cm³/mol. The van der Waals surface area contributed by atoms with Crippen molar-refractivity contribution in [1.29, 1.82) is 0 Å². The number of pyridine rings is 1. The van der Waals surface area contributed by atoms with Crippen LogP contribution in [0.1, 0.15) is 64.9 Å². The van der Waals surface area contributed by atoms with E-state index < -0.39 is 0 Å². The largest absolute Gasteiger partial charge is 0.491 e. The number of rotatable bonds is 6. The Kier molecular flexibility index (Phi) is 5.79. The van der Waals surface area contributed by atoms with E-state index in [9.17, 15) is 9.59 Å². The van der Waals surface area contributed by atoms with E-state index >= 15 is 0 Å². The molecule has 1 N–H and O–H groups in total. The highest BCUT2D eigenvalue weighted by Crippen LogP contribution is 2.30. The second-order valence-corrected chi connectivity index (χ2v) is 8.12. The van der Waals surface area contributed by atoms with Crippen LogP contribution in [0.5, 0.6) is 5.75 Å². The van der Waals surface area contributed by atoms with Crippen molar-refractivity contribution < 1.29 is 14.3 Å². The first-order chi connectivity index (χ1) is 13.3. The Labute approximate surface area is 168 Å². The first-order valence-corrected chi connectivity index (χ1v) is 10.1. The van der Waals surface area contributed by atoms with Crippen LogP contribution in [0.4, 0.5) is 0 Å². The normalized spacial score (nSPS) is 12.2. The number of amides is 1. The van der Waals surface area contributed by atoms with Gasteiger partial charge in [0.1, 0.15) is 10.6 Å². The summed E-state index contributed by atoms with van der Waals surface area (Å²) < 4.78 is 5.74. The molecule has 1 aromatic carbocycles. The van der Waals surface area contributed by atoms with Crippen molar-refractivity contribution >= 4 is 33.2 Å². The summed E-state index contributed by atoms with van der Waals surface area (Å²) in [6.07, 6.45) is 1.65. The third-order valence-electron chi connectivity index (χ3n) is 4.48. The Morgan fingerprint density at radius 2 is 1.93 bits per heavy atom. The molecule has 1 amide bonds. The zero-order valence-electron chi connectivity index (χ0n) is 16.7. The maximum Gasteiger partial charge on any atom is 0.262 e. The van der Waals surface area contributed by atoms with Crippen LogP contribution in [0.2, 0.25) is 0 Å². The summed E-state index contributed by atoms with van der Waals surface area (Å²) in [5.41, 5.74) is 2.37. The Morgan fingerprint density at radius 3 is 2.61 bits per heavy atom. The second kappa shape index (κ2) is 8.10. The Morgan fingerprint density at radius 1 is 1.18 bits per heavy atom. The number of ether oxygens (including phenoxy) is 1. The topological polar surface area (TPSA) is 68.3 Å². The summed E-state index contributed by atoms with van der Waals surface area (Å²) in [5, 5.41) is 3.90. The fraction of sp³-hybridized carbons (Fsp3) is 0.318. The summed E-state index contributed by atoms with van der Waals surface area (Å²) in [5.74, 6) is 0.600. The van der Waals surface area contributed by atoms with Gasteiger partial charge in [-0.15, -0.1) is 11.3 Å². The van der Waals surface area contributed by atoms with Crippen LogP contribution in [-0.2, 0) is 0 Å². The van der Waals surface area contributed by atoms with E-state index in [2.05, 4.69) is 10.3 Å². The van der Waals surface area contributed by atoms with Crippen molar-refractivity contribution in [2.24, 2.45) is 0 Å². The molecule has 6 heteroatoms. The second-order valence-electron chi connectivity index (χ2n) is 7.12. The molecule has 0 aliphatic rings. The smallest absolute Gasteiger partial charge is 0.262 e. The zero-order valence-corrected chi connectivity index (χ0v) is 17.5. The molecular weight excluding hydrogens is 372 g/mol. The molecule has 0 unspecified atom stereocenters. The van der Waals surface area contributed by atoms with Crippen LogP contribution < -0.4 is 10.1 Å². The van der Waals surface area contributed by atoms with E-state index in [1.165, 1.54) is 18.3 Å². The van der Waals surface area contributed by atoms with Crippen molar-refractivity contribution in [2.75, 3.05) is 0 Å². The molecule has 0 bridgehead atoms. The van der Waals surface area contributed by atoms with Crippen LogP contribution in [0, 0.1) is 6.92 Å². The molecule has 0 spiro atoms. The predicted octanol–water partition coefficient (Wildman–Crippen LogP) is 5.09. The maximum absolute atomic E-state index is 12.9. The lowest BCUT2D eigenvalue weighted by molar-refractivity contribution is 0.0942. The van der Waals surface area contributed by atoms with Gasteiger partial charge in [-0.05, 0) is 63.9 Å². The molecule has 0 saturated heterocycles. The van der Waals surface area contributed by atoms with Crippen molar-refractivity contribution in [1.82, 2.24) is 10.3 Å². The lowest BCUT2D eigenvalue weighted by Gasteiger charge is -2.16. The van der Waals surface area contributed by atoms with E-state index in [4.69, 9.17) is 4.74 Å². The van der Waals surface area contributed by atoms with Gasteiger partial charge in [0, 0.05) is 17.1 Å². The number of benzene rings is 1. The quantitative estimate of drug-likeness (QED) is 0.590. The van der Waals surface area contributed by atoms with Crippen molar-refractivity contribution in [2.45, 2.75) is 46.8 Å². The van der Waals surface area contributed by atoms with Gasteiger partial charge in [0.15, 0.2) is 5.78 Å². The van der Waals surface area contributed by atoms with Crippen LogP contribution in [0.15, 0.2) is 36.5 Å². The van der Waals surface area contributed by atoms with Gasteiger partial charge in [-0.3, -0.25) is 9.59 Å². The lowest BCUT2D eigenvalue weighted by Crippen LogP contribution is -2.26. The molecule has 0 radical (unpaired) electrons. The van der Waals surface area contributed by atoms with Crippen LogP contribution in [0.3, 0.4) is 0 Å². The molecule has 146 valence electrons. The number of aryl methyl sites for hydroxylation is 1. The van der Waals surface area contributed by atoms with E-state index in [1.54, 1.807) is 6.20 Å². The van der Waals surface area contributed by atoms with E-state index in [0.717, 1.165) is 27.1 Å². The van der Waals surface area contributed by atoms with Gasteiger partial charge < -0.3 is 10.1 Å². The van der Waals surface area contributed by atoms with Crippen molar-refractivity contribution in [3.8, 4) is 5.75 Å². The van der Waals surface area contributed by atoms with E-state index in [0.29, 0.717) is 10.4 Å². The average Bonchev–Trinajstić information content (AvgIpc) is 2.97. The summed E-state index contributed by atoms with van der Waals surface area (Å²) in [6.45, 7) is 9.31. The number of hydrogen-bond donors (Lipinski definition) is 1. The number of nitrogens with zero attached hydrogens (tertiary/aromatic N) is 1. The number of fused-ring (bicyclic) bond motifs is 1. The van der Waals surface area contributed by atoms with E-state index in [1.807, 2.05) is 58.0 Å². The molecule has 0 saturated carbocycles. The SMILES string of the molecule is CC(=O)c1cnc2sc(C(=O)N[C@H](C)c3cccc(OC(C)C)c3)c(C)c2c1. The molecule has 0 aliphatic carbocycles. The van der Waals surface area contributed by atoms with Crippen molar-refractivity contribution in [3.63, 3.8) is 0 Å². The summed E-state index contributed by atoms with van der Waals surface area (Å²) in [4.78, 5) is 30.2. The monoisotopic (exact) mass is 396 g/mol. The Bertz CT molecular complexity index is 1040. The third kappa shape index (κ3) is 4.22. The fourth-order valence-electron chi connectivity index (χ4n) is 2.98. The number of Topliss-reactive ketones (excluding diaryl/α,β-unsaturated/α-hetero) is 1. The number of ketones is 1. The van der Waals surface area contributed by atoms with Gasteiger partial charge in [-0.2, -0.15) is 0 Å². The summed E-state index contributed by atoms with van der Waals surface area (Å²) >= 11 is 1.34. The number of nitrogens with one attached hydrogen (secondary N) is 1. The molecule has 1 atom stereocenters. The molecule has 2 aromatic heterocycles. The maximum atomic E-state index is 12.9. The minimum atomic E-state index is -0.173. The third-order valence-corrected chi connectivity index (χ3v) is 5.70. The number of aromatic nitrogens is 1. The minimum Gasteiger partial charge on any atom is -0.491 e. The van der Waals surface area contributed by atoms with Gasteiger partial charge in [0.25, 0.3) is 5.91 Å². The first kappa shape index (κ1) is 20.0. The number of carbonyl (C=O) groups excluding carboxylic acids is 2. The highest BCUT2D eigenvalue weighted by molar-refractivity contribution is 7.20. The number of hydrogen-bond acceptors (Lipinski definition) is 5. The van der Waals surface area contributed by atoms with Gasteiger partial charge in [-0.25, -0.2) is 4.98 Å². The molecule has 5 nitrogen and oxygen atoms in total. The highest BCUT2D eigenvalue weighted by atomic mass is 32.1. The van der Waals surface area contributed by atoms with E-state index in [-0.39, 0.29) is 23.8 Å². The van der Waals surface area contributed by atoms with Crippen LogP contribution in [-0.4, -0.2) is 22.8 Å². The molecule has 3 rings (SSSR count). The first-order valence-electron chi connectivity index (χ1n) is 9.23. The summed E-state index contributed by atoms with van der Waals surface area (Å²) in [7, 11) is 0. The van der Waals surface area contributed by atoms with Crippen LogP contribution >= 0.6 is 11.3 Å². The summed E-state index contributed by atoms with van der Waals surface area (Å²) in [6, 6.07) is 9.39. The number of carbonyl (C=O) groups is 2. The van der Waals surface area contributed by atoms with Crippen LogP contribution in [0.25, 0.3) is 10.2 Å². The average molecular weight is 397 g/mol. The Hall–Kier alpha value is -2.73. The lowest BCUT2D eigenvalue weighted by atomic mass is 10.1. The standard InChI is InChI=1S/C22H24N2O3S/c1-12(2)27-18-8-6-7-16(9-18)14(4)24-21(26)20-13(3)19-10-17(15(5)25)11-23-22(19)28-20/h6-12,14H,1-5H3,(H,24,26)/t14-/m1/s1. The van der Waals surface area contributed by atoms with Gasteiger partial charge in [0.05, 0.1) is 17.0 Å². The molecule has 3 aromatic rings. The van der Waals surface area contributed by atoms with Gasteiger partial charge in [-0.1, -0.05) is 12.1 Å². The van der Waals surface area contributed by atoms with Crippen molar-refractivity contribution in [3.05, 3.63) is 58.1 Å². The van der Waals surface area contributed by atoms with Gasteiger partial charge >= 0.3 is 0 Å². The van der Waals surface area contributed by atoms with Gasteiger partial charge in [0.2, 0.25) is 0 Å². The highest BCUT2D eigenvalue weighted by Gasteiger charge is 2.19. The Balaban J connectivity index is 1.83. The number of thiophene rings is 1. The molecule has 28 heavy (non-hydrogen) atoms. The molecule has 0 fully saturated rings. The molecule has 2 heterocycles. The zero-order chi connectivity index (χ0) is 20.4. The fourth-order valence-corrected chi connectivity index (χ4v) is 4.02. The molecule has 0 aliphatic heterocycles. The molecular formula is C22H24N2O3S. The minimum absolute atomic E-state index is 0.0388.